The van der Waals surface area contributed by atoms with Gasteiger partial charge in [-0.2, -0.15) is 0 Å². The average Bonchev–Trinajstić information content (AvgIpc) is 3.21. The molecule has 0 radical (unpaired) electrons. The van der Waals surface area contributed by atoms with Gasteiger partial charge in [0.25, 0.3) is 0 Å². The van der Waals surface area contributed by atoms with Crippen LogP contribution in [0.2, 0.25) is 5.02 Å². The van der Waals surface area contributed by atoms with E-state index in [1.807, 2.05) is 43.3 Å². The number of oxazole rings is 1. The summed E-state index contributed by atoms with van der Waals surface area (Å²) in [6.07, 6.45) is 2.38. The lowest BCUT2D eigenvalue weighted by Crippen LogP contribution is -2.27. The Hall–Kier alpha value is -3.11. The molecular weight excluding hydrogens is 384 g/mol. The van der Waals surface area contributed by atoms with E-state index in [1.54, 1.807) is 12.3 Å². The molecule has 0 aliphatic carbocycles. The lowest BCUT2D eigenvalue weighted by molar-refractivity contribution is -0.121. The maximum absolute atomic E-state index is 12.5. The van der Waals surface area contributed by atoms with Gasteiger partial charge in [-0.05, 0) is 35.4 Å². The second-order valence-corrected chi connectivity index (χ2v) is 7.36. The summed E-state index contributed by atoms with van der Waals surface area (Å²) in [5, 5.41) is 6.00. The molecule has 1 aromatic heterocycles. The van der Waals surface area contributed by atoms with E-state index < -0.39 is 0 Å². The third-order valence-electron chi connectivity index (χ3n) is 4.93. The molecule has 0 aliphatic heterocycles. The number of rotatable bonds is 6. The van der Waals surface area contributed by atoms with Crippen molar-refractivity contribution in [2.75, 3.05) is 0 Å². The maximum atomic E-state index is 12.5. The van der Waals surface area contributed by atoms with Crippen molar-refractivity contribution < 1.29 is 9.21 Å². The highest BCUT2D eigenvalue weighted by Crippen LogP contribution is 2.28. The Balaban J connectivity index is 1.39. The molecule has 0 saturated carbocycles. The van der Waals surface area contributed by atoms with Crippen molar-refractivity contribution in [3.05, 3.63) is 89.4 Å². The number of fused-ring (bicyclic) bond motifs is 1. The van der Waals surface area contributed by atoms with Gasteiger partial charge in [-0.25, -0.2) is 4.98 Å². The van der Waals surface area contributed by atoms with Gasteiger partial charge in [-0.1, -0.05) is 66.2 Å². The van der Waals surface area contributed by atoms with Gasteiger partial charge in [0.15, 0.2) is 11.7 Å². The van der Waals surface area contributed by atoms with E-state index in [1.165, 1.54) is 0 Å². The van der Waals surface area contributed by atoms with Crippen LogP contribution in [0.4, 0.5) is 0 Å². The number of halogens is 1. The van der Waals surface area contributed by atoms with Crippen molar-refractivity contribution in [1.29, 1.82) is 0 Å². The van der Waals surface area contributed by atoms with E-state index >= 15 is 0 Å². The first kappa shape index (κ1) is 19.2. The fraction of sp³-hybridized carbons (Fsp3) is 0.167. The van der Waals surface area contributed by atoms with Crippen LogP contribution in [-0.4, -0.2) is 10.9 Å². The molecule has 0 saturated heterocycles. The van der Waals surface area contributed by atoms with Gasteiger partial charge in [0, 0.05) is 18.4 Å². The fourth-order valence-electron chi connectivity index (χ4n) is 3.45. The number of nitrogens with one attached hydrogen (secondary N) is 1. The smallest absolute Gasteiger partial charge is 0.220 e. The lowest BCUT2D eigenvalue weighted by Gasteiger charge is -2.16. The highest BCUT2D eigenvalue weighted by molar-refractivity contribution is 6.33. The van der Waals surface area contributed by atoms with Crippen molar-refractivity contribution >= 4 is 28.3 Å². The summed E-state index contributed by atoms with van der Waals surface area (Å²) in [6, 6.07) is 21.7. The van der Waals surface area contributed by atoms with Gasteiger partial charge in [-0.15, -0.1) is 0 Å². The molecule has 1 N–H and O–H groups in total. The predicted octanol–water partition coefficient (Wildman–Crippen LogP) is 5.96. The lowest BCUT2D eigenvalue weighted by atomic mass is 9.99. The zero-order chi connectivity index (χ0) is 20.2. The van der Waals surface area contributed by atoms with Crippen molar-refractivity contribution in [1.82, 2.24) is 10.3 Å². The van der Waals surface area contributed by atoms with E-state index in [0.29, 0.717) is 29.5 Å². The molecule has 0 aliphatic rings. The van der Waals surface area contributed by atoms with Crippen LogP contribution < -0.4 is 5.32 Å². The Morgan fingerprint density at radius 3 is 2.69 bits per heavy atom. The van der Waals surface area contributed by atoms with E-state index in [0.717, 1.165) is 21.9 Å². The number of amides is 1. The molecule has 146 valence electrons. The largest absolute Gasteiger partial charge is 0.441 e. The first-order valence-corrected chi connectivity index (χ1v) is 9.96. The first-order chi connectivity index (χ1) is 14.1. The van der Waals surface area contributed by atoms with Crippen LogP contribution in [-0.2, 0) is 11.2 Å². The first-order valence-electron chi connectivity index (χ1n) is 9.58. The van der Waals surface area contributed by atoms with Crippen LogP contribution in [0.3, 0.4) is 0 Å². The summed E-state index contributed by atoms with van der Waals surface area (Å²) in [5.74, 6) is 1.09. The zero-order valence-electron chi connectivity index (χ0n) is 16.1. The van der Waals surface area contributed by atoms with E-state index in [4.69, 9.17) is 16.0 Å². The van der Waals surface area contributed by atoms with E-state index in [9.17, 15) is 4.79 Å². The number of aryl methyl sites for hydroxylation is 1. The molecule has 4 rings (SSSR count). The molecule has 4 aromatic rings. The molecular formula is C24H21ClN2O2. The molecule has 1 amide bonds. The second-order valence-electron chi connectivity index (χ2n) is 6.96. The van der Waals surface area contributed by atoms with Crippen LogP contribution in [0, 0.1) is 0 Å². The normalized spacial score (nSPS) is 12.1. The SMILES string of the molecule is C[C@H](NC(=O)CCc1ncc(-c2ccccc2Cl)o1)c1cccc2ccccc12. The second kappa shape index (κ2) is 8.50. The number of nitrogens with zero attached hydrogens (tertiary/aromatic N) is 1. The van der Waals surface area contributed by atoms with Crippen LogP contribution in [0.1, 0.15) is 30.8 Å². The maximum Gasteiger partial charge on any atom is 0.220 e. The summed E-state index contributed by atoms with van der Waals surface area (Å²) in [4.78, 5) is 16.7. The van der Waals surface area contributed by atoms with Gasteiger partial charge < -0.3 is 9.73 Å². The summed E-state index contributed by atoms with van der Waals surface area (Å²) >= 11 is 6.20. The number of carbonyl (C=O) groups excluding carboxylic acids is 1. The van der Waals surface area contributed by atoms with Crippen LogP contribution >= 0.6 is 11.6 Å². The van der Waals surface area contributed by atoms with Crippen LogP contribution in [0.5, 0.6) is 0 Å². The van der Waals surface area contributed by atoms with Crippen molar-refractivity contribution in [2.45, 2.75) is 25.8 Å². The minimum atomic E-state index is -0.0863. The Labute approximate surface area is 174 Å². The molecule has 29 heavy (non-hydrogen) atoms. The summed E-state index contributed by atoms with van der Waals surface area (Å²) in [7, 11) is 0. The molecule has 0 fully saturated rings. The number of hydrogen-bond donors (Lipinski definition) is 1. The number of aromatic nitrogens is 1. The summed E-state index contributed by atoms with van der Waals surface area (Å²) < 4.78 is 5.77. The monoisotopic (exact) mass is 404 g/mol. The minimum absolute atomic E-state index is 0.0390. The average molecular weight is 405 g/mol. The minimum Gasteiger partial charge on any atom is -0.441 e. The standard InChI is InChI=1S/C24H21ClN2O2/c1-16(18-11-6-8-17-7-2-3-9-19(17)18)27-23(28)13-14-24-26-15-22(29-24)20-10-4-5-12-21(20)25/h2-12,15-16H,13-14H2,1H3,(H,27,28)/t16-/m0/s1. The molecule has 0 unspecified atom stereocenters. The Kier molecular flexibility index (Phi) is 5.63. The summed E-state index contributed by atoms with van der Waals surface area (Å²) in [5.41, 5.74) is 1.90. The number of hydrogen-bond acceptors (Lipinski definition) is 3. The van der Waals surface area contributed by atoms with Gasteiger partial charge in [-0.3, -0.25) is 4.79 Å². The van der Waals surface area contributed by atoms with Crippen molar-refractivity contribution in [2.24, 2.45) is 0 Å². The molecule has 5 heteroatoms. The van der Waals surface area contributed by atoms with Gasteiger partial charge >= 0.3 is 0 Å². The van der Waals surface area contributed by atoms with Gasteiger partial charge in [0.2, 0.25) is 5.91 Å². The summed E-state index contributed by atoms with van der Waals surface area (Å²) in [6.45, 7) is 2.00. The third kappa shape index (κ3) is 4.33. The van der Waals surface area contributed by atoms with Crippen LogP contribution in [0.15, 0.2) is 77.3 Å². The third-order valence-corrected chi connectivity index (χ3v) is 5.26. The Morgan fingerprint density at radius 2 is 1.83 bits per heavy atom. The highest BCUT2D eigenvalue weighted by atomic mass is 35.5. The molecule has 3 aromatic carbocycles. The molecule has 0 spiro atoms. The van der Waals surface area contributed by atoms with Crippen molar-refractivity contribution in [3.8, 4) is 11.3 Å². The predicted molar refractivity (Wildman–Crippen MR) is 116 cm³/mol. The highest BCUT2D eigenvalue weighted by Gasteiger charge is 2.14. The zero-order valence-corrected chi connectivity index (χ0v) is 16.8. The van der Waals surface area contributed by atoms with E-state index in [-0.39, 0.29) is 11.9 Å². The molecule has 1 atom stereocenters. The number of carbonyl (C=O) groups is 1. The fourth-order valence-corrected chi connectivity index (χ4v) is 3.68. The quantitative estimate of drug-likeness (QED) is 0.431. The molecule has 1 heterocycles. The van der Waals surface area contributed by atoms with E-state index in [2.05, 4.69) is 34.6 Å². The molecule has 0 bridgehead atoms. The van der Waals surface area contributed by atoms with Crippen molar-refractivity contribution in [3.63, 3.8) is 0 Å². The Morgan fingerprint density at radius 1 is 1.07 bits per heavy atom. The van der Waals surface area contributed by atoms with Gasteiger partial charge in [0.1, 0.15) is 0 Å². The van der Waals surface area contributed by atoms with Gasteiger partial charge in [0.05, 0.1) is 17.3 Å². The topological polar surface area (TPSA) is 55.1 Å². The van der Waals surface area contributed by atoms with Crippen LogP contribution in [0.25, 0.3) is 22.1 Å². The number of benzene rings is 3. The molecule has 4 nitrogen and oxygen atoms in total. The Bertz CT molecular complexity index is 1150.